The van der Waals surface area contributed by atoms with Gasteiger partial charge in [-0.25, -0.2) is 0 Å². The molecule has 27 heavy (non-hydrogen) atoms. The topological polar surface area (TPSA) is 91.8 Å². The van der Waals surface area contributed by atoms with Crippen LogP contribution in [0.2, 0.25) is 0 Å². The summed E-state index contributed by atoms with van der Waals surface area (Å²) in [6, 6.07) is 13.5. The zero-order chi connectivity index (χ0) is 19.2. The van der Waals surface area contributed by atoms with Gasteiger partial charge in [-0.3, -0.25) is 4.79 Å². The maximum Gasteiger partial charge on any atom is 0.249 e. The van der Waals surface area contributed by atoms with Gasteiger partial charge in [0.15, 0.2) is 5.82 Å². The number of amides is 1. The van der Waals surface area contributed by atoms with E-state index in [2.05, 4.69) is 57.1 Å². The van der Waals surface area contributed by atoms with Crippen molar-refractivity contribution < 1.29 is 4.79 Å². The third-order valence-electron chi connectivity index (χ3n) is 3.99. The van der Waals surface area contributed by atoms with E-state index in [-0.39, 0.29) is 5.91 Å². The Kier molecular flexibility index (Phi) is 5.61. The van der Waals surface area contributed by atoms with E-state index < -0.39 is 0 Å². The number of hydrogen-bond donors (Lipinski definition) is 3. The molecule has 138 valence electrons. The number of carbonyl (C=O) groups excluding carboxylic acids is 1. The first-order valence-corrected chi connectivity index (χ1v) is 8.75. The first-order valence-electron chi connectivity index (χ1n) is 8.75. The smallest absolute Gasteiger partial charge is 0.249 e. The number of aryl methyl sites for hydroxylation is 2. The van der Waals surface area contributed by atoms with E-state index in [0.717, 1.165) is 23.4 Å². The van der Waals surface area contributed by atoms with Crippen molar-refractivity contribution in [2.45, 2.75) is 27.2 Å². The van der Waals surface area contributed by atoms with Gasteiger partial charge >= 0.3 is 0 Å². The quantitative estimate of drug-likeness (QED) is 0.609. The molecule has 0 aliphatic carbocycles. The minimum absolute atomic E-state index is 0.124. The number of para-hydroxylation sites is 1. The summed E-state index contributed by atoms with van der Waals surface area (Å²) in [6.07, 6.45) is 2.51. The van der Waals surface area contributed by atoms with Crippen molar-refractivity contribution in [1.82, 2.24) is 15.2 Å². The summed E-state index contributed by atoms with van der Waals surface area (Å²) < 4.78 is 0. The number of benzene rings is 2. The Labute approximate surface area is 158 Å². The molecule has 1 aromatic heterocycles. The van der Waals surface area contributed by atoms with Gasteiger partial charge in [0.2, 0.25) is 11.9 Å². The number of rotatable bonds is 6. The Morgan fingerprint density at radius 2 is 1.85 bits per heavy atom. The molecule has 7 nitrogen and oxygen atoms in total. The molecule has 0 aliphatic rings. The van der Waals surface area contributed by atoms with Crippen molar-refractivity contribution in [3.8, 4) is 0 Å². The molecule has 0 radical (unpaired) electrons. The van der Waals surface area contributed by atoms with E-state index in [1.807, 2.05) is 24.3 Å². The van der Waals surface area contributed by atoms with Crippen molar-refractivity contribution in [3.05, 3.63) is 59.8 Å². The van der Waals surface area contributed by atoms with Crippen LogP contribution >= 0.6 is 0 Å². The molecule has 3 N–H and O–H groups in total. The first kappa shape index (κ1) is 18.3. The predicted octanol–water partition coefficient (Wildman–Crippen LogP) is 4.19. The van der Waals surface area contributed by atoms with Crippen molar-refractivity contribution in [1.29, 1.82) is 0 Å². The van der Waals surface area contributed by atoms with Crippen LogP contribution in [-0.2, 0) is 11.2 Å². The molecule has 0 saturated carbocycles. The SMILES string of the molecule is CCc1cccc(C)c1Nc1cnnc(Nc2cccc(NC(C)=O)c2)n1. The number of hydrogen-bond acceptors (Lipinski definition) is 6. The van der Waals surface area contributed by atoms with Crippen LogP contribution < -0.4 is 16.0 Å². The Hall–Kier alpha value is -3.48. The zero-order valence-electron chi connectivity index (χ0n) is 15.6. The van der Waals surface area contributed by atoms with Crippen molar-refractivity contribution in [2.24, 2.45) is 0 Å². The van der Waals surface area contributed by atoms with Gasteiger partial charge in [-0.2, -0.15) is 10.1 Å². The molecule has 3 aromatic rings. The highest BCUT2D eigenvalue weighted by atomic mass is 16.1. The van der Waals surface area contributed by atoms with E-state index in [1.165, 1.54) is 12.5 Å². The molecule has 0 saturated heterocycles. The molecule has 3 rings (SSSR count). The highest BCUT2D eigenvalue weighted by molar-refractivity contribution is 5.89. The van der Waals surface area contributed by atoms with Crippen LogP contribution in [-0.4, -0.2) is 21.1 Å². The molecule has 0 unspecified atom stereocenters. The van der Waals surface area contributed by atoms with E-state index in [4.69, 9.17) is 0 Å². The standard InChI is InChI=1S/C20H22N6O/c1-4-15-8-5-7-13(2)19(15)24-18-12-21-26-20(25-18)23-17-10-6-9-16(11-17)22-14(3)27/h5-12H,4H2,1-3H3,(H,22,27)(H2,23,24,25,26). The number of carbonyl (C=O) groups is 1. The maximum atomic E-state index is 11.2. The van der Waals surface area contributed by atoms with Gasteiger partial charge in [-0.1, -0.05) is 31.2 Å². The lowest BCUT2D eigenvalue weighted by molar-refractivity contribution is -0.114. The predicted molar refractivity (Wildman–Crippen MR) is 108 cm³/mol. The normalized spacial score (nSPS) is 10.3. The third kappa shape index (κ3) is 4.78. The molecule has 0 bridgehead atoms. The van der Waals surface area contributed by atoms with Gasteiger partial charge in [0.1, 0.15) is 0 Å². The third-order valence-corrected chi connectivity index (χ3v) is 3.99. The Morgan fingerprint density at radius 1 is 1.07 bits per heavy atom. The van der Waals surface area contributed by atoms with Crippen LogP contribution in [0.5, 0.6) is 0 Å². The average molecular weight is 362 g/mol. The monoisotopic (exact) mass is 362 g/mol. The fourth-order valence-corrected chi connectivity index (χ4v) is 2.75. The second-order valence-corrected chi connectivity index (χ2v) is 6.14. The number of nitrogens with one attached hydrogen (secondary N) is 3. The van der Waals surface area contributed by atoms with Crippen molar-refractivity contribution in [3.63, 3.8) is 0 Å². The molecule has 0 atom stereocenters. The average Bonchev–Trinajstić information content (AvgIpc) is 2.63. The summed E-state index contributed by atoms with van der Waals surface area (Å²) >= 11 is 0. The van der Waals surface area contributed by atoms with E-state index >= 15 is 0 Å². The summed E-state index contributed by atoms with van der Waals surface area (Å²) in [4.78, 5) is 15.7. The Morgan fingerprint density at radius 3 is 2.63 bits per heavy atom. The lowest BCUT2D eigenvalue weighted by atomic mass is 10.1. The molecule has 7 heteroatoms. The molecule has 0 aliphatic heterocycles. The second kappa shape index (κ2) is 8.27. The summed E-state index contributed by atoms with van der Waals surface area (Å²) in [5.41, 5.74) is 4.85. The zero-order valence-corrected chi connectivity index (χ0v) is 15.6. The number of aromatic nitrogens is 3. The lowest BCUT2D eigenvalue weighted by Crippen LogP contribution is -2.06. The molecule has 1 amide bonds. The summed E-state index contributed by atoms with van der Waals surface area (Å²) in [6.45, 7) is 5.65. The van der Waals surface area contributed by atoms with Gasteiger partial charge in [0.25, 0.3) is 0 Å². The highest BCUT2D eigenvalue weighted by Gasteiger charge is 2.07. The van der Waals surface area contributed by atoms with Crippen LogP contribution in [0.4, 0.5) is 28.8 Å². The minimum atomic E-state index is -0.124. The Bertz CT molecular complexity index is 957. The molecule has 0 fully saturated rings. The molecular formula is C20H22N6O. The van der Waals surface area contributed by atoms with Gasteiger partial charge in [0, 0.05) is 24.0 Å². The van der Waals surface area contributed by atoms with Crippen LogP contribution in [0.1, 0.15) is 25.0 Å². The molecular weight excluding hydrogens is 340 g/mol. The summed E-state index contributed by atoms with van der Waals surface area (Å²) in [5.74, 6) is 0.849. The largest absolute Gasteiger partial charge is 0.338 e. The van der Waals surface area contributed by atoms with Crippen molar-refractivity contribution in [2.75, 3.05) is 16.0 Å². The van der Waals surface area contributed by atoms with Gasteiger partial charge in [-0.05, 0) is 42.7 Å². The maximum absolute atomic E-state index is 11.2. The highest BCUT2D eigenvalue weighted by Crippen LogP contribution is 2.25. The first-order chi connectivity index (χ1) is 13.0. The summed E-state index contributed by atoms with van der Waals surface area (Å²) in [7, 11) is 0. The van der Waals surface area contributed by atoms with Crippen LogP contribution in [0, 0.1) is 6.92 Å². The van der Waals surface area contributed by atoms with Gasteiger partial charge < -0.3 is 16.0 Å². The second-order valence-electron chi connectivity index (χ2n) is 6.14. The summed E-state index contributed by atoms with van der Waals surface area (Å²) in [5, 5.41) is 17.3. The molecule has 1 heterocycles. The van der Waals surface area contributed by atoms with Gasteiger partial charge in [-0.15, -0.1) is 5.10 Å². The fourth-order valence-electron chi connectivity index (χ4n) is 2.75. The van der Waals surface area contributed by atoms with Crippen LogP contribution in [0.25, 0.3) is 0 Å². The Balaban J connectivity index is 1.80. The van der Waals surface area contributed by atoms with Gasteiger partial charge in [0.05, 0.1) is 6.20 Å². The van der Waals surface area contributed by atoms with Crippen LogP contribution in [0.3, 0.4) is 0 Å². The van der Waals surface area contributed by atoms with E-state index in [9.17, 15) is 4.79 Å². The number of anilines is 5. The number of nitrogens with zero attached hydrogens (tertiary/aromatic N) is 3. The van der Waals surface area contributed by atoms with Crippen molar-refractivity contribution >= 4 is 34.7 Å². The fraction of sp³-hybridized carbons (Fsp3) is 0.200. The molecule has 2 aromatic carbocycles. The van der Waals surface area contributed by atoms with E-state index in [1.54, 1.807) is 12.3 Å². The van der Waals surface area contributed by atoms with Crippen LogP contribution in [0.15, 0.2) is 48.7 Å². The minimum Gasteiger partial charge on any atom is -0.338 e. The van der Waals surface area contributed by atoms with E-state index in [0.29, 0.717) is 17.5 Å². The lowest BCUT2D eigenvalue weighted by Gasteiger charge is -2.13. The molecule has 0 spiro atoms.